The number of thioether (sulfide) groups is 1. The van der Waals surface area contributed by atoms with Gasteiger partial charge < -0.3 is 5.32 Å². The molecule has 0 atom stereocenters. The monoisotopic (exact) mass is 234 g/mol. The van der Waals surface area contributed by atoms with E-state index in [0.717, 1.165) is 6.42 Å². The predicted octanol–water partition coefficient (Wildman–Crippen LogP) is 1.98. The third kappa shape index (κ3) is 4.37. The minimum absolute atomic E-state index is 0.0641. The summed E-state index contributed by atoms with van der Waals surface area (Å²) in [6.45, 7) is 0.582. The Morgan fingerprint density at radius 1 is 1.44 bits per heavy atom. The number of amides is 1. The smallest absolute Gasteiger partial charge is 0.234 e. The fraction of sp³-hybridized carbons (Fsp3) is 0.333. The summed E-state index contributed by atoms with van der Waals surface area (Å²) in [5.41, 5.74) is 1.19. The second-order valence-electron chi connectivity index (χ2n) is 3.28. The van der Waals surface area contributed by atoms with Gasteiger partial charge >= 0.3 is 0 Å². The van der Waals surface area contributed by atoms with Crippen LogP contribution in [0, 0.1) is 11.3 Å². The maximum Gasteiger partial charge on any atom is 0.234 e. The van der Waals surface area contributed by atoms with Gasteiger partial charge in [-0.05, 0) is 30.4 Å². The first kappa shape index (κ1) is 12.6. The van der Waals surface area contributed by atoms with Gasteiger partial charge in [-0.25, -0.2) is 0 Å². The summed E-state index contributed by atoms with van der Waals surface area (Å²) in [6, 6.07) is 10.1. The number of nitrogens with one attached hydrogen (secondary N) is 1. The van der Waals surface area contributed by atoms with Crippen LogP contribution in [0.1, 0.15) is 12.0 Å². The number of carbonyl (C=O) groups is 1. The molecule has 3 nitrogen and oxygen atoms in total. The molecule has 0 spiro atoms. The van der Waals surface area contributed by atoms with Crippen molar-refractivity contribution in [1.29, 1.82) is 5.26 Å². The predicted molar refractivity (Wildman–Crippen MR) is 65.2 cm³/mol. The Bertz CT molecular complexity index is 381. The van der Waals surface area contributed by atoms with E-state index in [4.69, 9.17) is 5.26 Å². The largest absolute Gasteiger partial charge is 0.355 e. The van der Waals surface area contributed by atoms with Crippen LogP contribution in [0.25, 0.3) is 0 Å². The number of nitriles is 1. The van der Waals surface area contributed by atoms with Crippen LogP contribution in [0.3, 0.4) is 0 Å². The fourth-order valence-electron chi connectivity index (χ4n) is 1.27. The first-order chi connectivity index (χ1) is 7.76. The van der Waals surface area contributed by atoms with Gasteiger partial charge in [0.1, 0.15) is 6.42 Å². The van der Waals surface area contributed by atoms with Crippen LogP contribution in [-0.2, 0) is 11.2 Å². The Balaban J connectivity index is 2.32. The van der Waals surface area contributed by atoms with Crippen LogP contribution < -0.4 is 5.32 Å². The van der Waals surface area contributed by atoms with Crippen LogP contribution >= 0.6 is 11.8 Å². The Morgan fingerprint density at radius 2 is 2.12 bits per heavy atom. The van der Waals surface area contributed by atoms with Crippen molar-refractivity contribution in [2.75, 3.05) is 12.8 Å². The van der Waals surface area contributed by atoms with Gasteiger partial charge in [-0.1, -0.05) is 12.1 Å². The second kappa shape index (κ2) is 6.91. The number of nitrogens with zero attached hydrogens (tertiary/aromatic N) is 1. The molecular formula is C12H14N2OS. The SMILES string of the molecule is CSc1ccc(CCNC(=O)CC#N)cc1. The van der Waals surface area contributed by atoms with Crippen molar-refractivity contribution in [2.24, 2.45) is 0 Å². The molecule has 0 aliphatic heterocycles. The van der Waals surface area contributed by atoms with Crippen LogP contribution in [-0.4, -0.2) is 18.7 Å². The van der Waals surface area contributed by atoms with E-state index in [2.05, 4.69) is 29.6 Å². The van der Waals surface area contributed by atoms with Crippen molar-refractivity contribution in [3.8, 4) is 6.07 Å². The molecule has 0 fully saturated rings. The van der Waals surface area contributed by atoms with Gasteiger partial charge in [0.2, 0.25) is 5.91 Å². The highest BCUT2D eigenvalue weighted by atomic mass is 32.2. The van der Waals surface area contributed by atoms with Gasteiger partial charge in [-0.3, -0.25) is 4.79 Å². The van der Waals surface area contributed by atoms with Gasteiger partial charge in [-0.15, -0.1) is 11.8 Å². The highest BCUT2D eigenvalue weighted by Gasteiger charge is 1.99. The summed E-state index contributed by atoms with van der Waals surface area (Å²) in [6.07, 6.45) is 2.77. The number of benzene rings is 1. The van der Waals surface area contributed by atoms with Gasteiger partial charge in [0.25, 0.3) is 0 Å². The first-order valence-corrected chi connectivity index (χ1v) is 6.25. The van der Waals surface area contributed by atoms with Crippen LogP contribution in [0.4, 0.5) is 0 Å². The maximum absolute atomic E-state index is 11.0. The second-order valence-corrected chi connectivity index (χ2v) is 4.16. The van der Waals surface area contributed by atoms with E-state index in [1.54, 1.807) is 11.8 Å². The molecule has 0 unspecified atom stereocenters. The van der Waals surface area contributed by atoms with Crippen molar-refractivity contribution in [3.05, 3.63) is 29.8 Å². The topological polar surface area (TPSA) is 52.9 Å². The molecule has 0 aromatic heterocycles. The summed E-state index contributed by atoms with van der Waals surface area (Å²) in [5.74, 6) is -0.205. The van der Waals surface area contributed by atoms with Crippen molar-refractivity contribution in [2.45, 2.75) is 17.7 Å². The maximum atomic E-state index is 11.0. The normalized spacial score (nSPS) is 9.50. The average molecular weight is 234 g/mol. The van der Waals surface area contributed by atoms with Gasteiger partial charge in [0, 0.05) is 11.4 Å². The van der Waals surface area contributed by atoms with Crippen molar-refractivity contribution in [1.82, 2.24) is 5.32 Å². The van der Waals surface area contributed by atoms with Crippen LogP contribution in [0.2, 0.25) is 0 Å². The Labute approximate surface area is 99.8 Å². The molecule has 84 valence electrons. The van der Waals surface area contributed by atoms with E-state index in [9.17, 15) is 4.79 Å². The zero-order valence-corrected chi connectivity index (χ0v) is 10.0. The number of hydrogen-bond donors (Lipinski definition) is 1. The number of rotatable bonds is 5. The summed E-state index contributed by atoms with van der Waals surface area (Å²) in [5, 5.41) is 11.0. The van der Waals surface area contributed by atoms with E-state index >= 15 is 0 Å². The third-order valence-electron chi connectivity index (χ3n) is 2.13. The molecule has 1 aromatic carbocycles. The lowest BCUT2D eigenvalue weighted by Gasteiger charge is -2.03. The molecule has 1 rings (SSSR count). The quantitative estimate of drug-likeness (QED) is 0.793. The molecule has 16 heavy (non-hydrogen) atoms. The highest BCUT2D eigenvalue weighted by molar-refractivity contribution is 7.98. The summed E-state index contributed by atoms with van der Waals surface area (Å²) < 4.78 is 0. The summed E-state index contributed by atoms with van der Waals surface area (Å²) >= 11 is 1.71. The fourth-order valence-corrected chi connectivity index (χ4v) is 1.68. The van der Waals surface area contributed by atoms with Crippen molar-refractivity contribution in [3.63, 3.8) is 0 Å². The Hall–Kier alpha value is -1.47. The minimum atomic E-state index is -0.205. The minimum Gasteiger partial charge on any atom is -0.355 e. The van der Waals surface area contributed by atoms with E-state index in [1.807, 2.05) is 12.3 Å². The van der Waals surface area contributed by atoms with Gasteiger partial charge in [0.05, 0.1) is 6.07 Å². The zero-order chi connectivity index (χ0) is 11.8. The van der Waals surface area contributed by atoms with E-state index in [1.165, 1.54) is 10.5 Å². The van der Waals surface area contributed by atoms with E-state index < -0.39 is 0 Å². The number of carbonyl (C=O) groups excluding carboxylic acids is 1. The zero-order valence-electron chi connectivity index (χ0n) is 9.19. The summed E-state index contributed by atoms with van der Waals surface area (Å²) in [7, 11) is 0. The molecular weight excluding hydrogens is 220 g/mol. The first-order valence-electron chi connectivity index (χ1n) is 5.03. The van der Waals surface area contributed by atoms with E-state index in [-0.39, 0.29) is 12.3 Å². The molecule has 0 aliphatic carbocycles. The molecule has 0 heterocycles. The average Bonchev–Trinajstić information content (AvgIpc) is 2.30. The molecule has 0 radical (unpaired) electrons. The van der Waals surface area contributed by atoms with Gasteiger partial charge in [0.15, 0.2) is 0 Å². The number of hydrogen-bond acceptors (Lipinski definition) is 3. The Kier molecular flexibility index (Phi) is 5.44. The molecule has 0 saturated heterocycles. The molecule has 0 saturated carbocycles. The third-order valence-corrected chi connectivity index (χ3v) is 2.88. The molecule has 0 aliphatic rings. The van der Waals surface area contributed by atoms with Crippen molar-refractivity contribution < 1.29 is 4.79 Å². The lowest BCUT2D eigenvalue weighted by molar-refractivity contribution is -0.120. The lowest BCUT2D eigenvalue weighted by atomic mass is 10.1. The lowest BCUT2D eigenvalue weighted by Crippen LogP contribution is -2.24. The highest BCUT2D eigenvalue weighted by Crippen LogP contribution is 2.14. The van der Waals surface area contributed by atoms with E-state index in [0.29, 0.717) is 6.54 Å². The van der Waals surface area contributed by atoms with Gasteiger partial charge in [-0.2, -0.15) is 5.26 Å². The molecule has 0 bridgehead atoms. The summed E-state index contributed by atoms with van der Waals surface area (Å²) in [4.78, 5) is 12.2. The molecule has 1 N–H and O–H groups in total. The van der Waals surface area contributed by atoms with Crippen molar-refractivity contribution >= 4 is 17.7 Å². The molecule has 1 aromatic rings. The van der Waals surface area contributed by atoms with Crippen LogP contribution in [0.15, 0.2) is 29.2 Å². The Morgan fingerprint density at radius 3 is 2.69 bits per heavy atom. The standard InChI is InChI=1S/C12H14N2OS/c1-16-11-4-2-10(3-5-11)7-9-14-12(15)6-8-13/h2-5H,6-7,9H2,1H3,(H,14,15). The molecule has 4 heteroatoms. The van der Waals surface area contributed by atoms with Crippen LogP contribution in [0.5, 0.6) is 0 Å². The molecule has 1 amide bonds.